The summed E-state index contributed by atoms with van der Waals surface area (Å²) in [6.45, 7) is 2.25. The lowest BCUT2D eigenvalue weighted by Gasteiger charge is -2.08. The molecule has 0 saturated heterocycles. The first-order valence-corrected chi connectivity index (χ1v) is 11.1. The molecule has 0 radical (unpaired) electrons. The number of hydrogen-bond donors (Lipinski definition) is 0. The van der Waals surface area contributed by atoms with Crippen molar-refractivity contribution in [3.8, 4) is 11.8 Å². The van der Waals surface area contributed by atoms with E-state index in [0.29, 0.717) is 5.56 Å². The average Bonchev–Trinajstić information content (AvgIpc) is 2.79. The zero-order valence-corrected chi connectivity index (χ0v) is 17.8. The van der Waals surface area contributed by atoms with E-state index in [1.807, 2.05) is 12.1 Å². The van der Waals surface area contributed by atoms with Crippen LogP contribution in [-0.2, 0) is 6.42 Å². The highest BCUT2D eigenvalue weighted by Gasteiger charge is 2.04. The highest BCUT2D eigenvalue weighted by atomic mass is 19.2. The predicted octanol–water partition coefficient (Wildman–Crippen LogP) is 8.18. The van der Waals surface area contributed by atoms with E-state index in [4.69, 9.17) is 0 Å². The monoisotopic (exact) mass is 412 g/mol. The lowest BCUT2D eigenvalue weighted by Crippen LogP contribution is -1.87. The molecule has 4 aromatic rings. The van der Waals surface area contributed by atoms with Gasteiger partial charge in [-0.05, 0) is 70.3 Å². The molecule has 2 heteroatoms. The lowest BCUT2D eigenvalue weighted by atomic mass is 9.97. The maximum atomic E-state index is 13.4. The molecule has 0 aliphatic heterocycles. The molecule has 0 bridgehead atoms. The van der Waals surface area contributed by atoms with Crippen molar-refractivity contribution in [2.24, 2.45) is 0 Å². The van der Waals surface area contributed by atoms with Crippen LogP contribution in [0.25, 0.3) is 21.5 Å². The van der Waals surface area contributed by atoms with Crippen molar-refractivity contribution >= 4 is 21.5 Å². The van der Waals surface area contributed by atoms with Crippen molar-refractivity contribution < 1.29 is 8.78 Å². The third-order valence-electron chi connectivity index (χ3n) is 5.74. The minimum atomic E-state index is -0.878. The molecule has 4 aromatic carbocycles. The second-order valence-corrected chi connectivity index (χ2v) is 8.10. The van der Waals surface area contributed by atoms with E-state index in [0.717, 1.165) is 29.5 Å². The van der Waals surface area contributed by atoms with Crippen molar-refractivity contribution in [1.29, 1.82) is 0 Å². The van der Waals surface area contributed by atoms with Crippen LogP contribution in [0, 0.1) is 23.5 Å². The standard InChI is InChI=1S/C29H26F2/c1-2-3-4-5-6-7-21-10-15-26-24(18-21)13-14-25-19-22(11-16-27(25)26)8-9-23-12-17-28(30)29(31)20-23/h10-20H,2-7H2,1H3. The molecule has 0 aliphatic rings. The van der Waals surface area contributed by atoms with E-state index in [2.05, 4.69) is 55.2 Å². The van der Waals surface area contributed by atoms with Gasteiger partial charge < -0.3 is 0 Å². The molecule has 0 nitrogen and oxygen atoms in total. The topological polar surface area (TPSA) is 0 Å². The molecule has 0 amide bonds. The van der Waals surface area contributed by atoms with Gasteiger partial charge >= 0.3 is 0 Å². The molecule has 0 fully saturated rings. The van der Waals surface area contributed by atoms with E-state index in [1.54, 1.807) is 0 Å². The van der Waals surface area contributed by atoms with Gasteiger partial charge in [-0.3, -0.25) is 0 Å². The first-order chi connectivity index (χ1) is 15.1. The zero-order valence-electron chi connectivity index (χ0n) is 17.8. The molecule has 0 saturated carbocycles. The van der Waals surface area contributed by atoms with Gasteiger partial charge in [0.15, 0.2) is 11.6 Å². The third-order valence-corrected chi connectivity index (χ3v) is 5.74. The quantitative estimate of drug-likeness (QED) is 0.170. The molecule has 0 aliphatic carbocycles. The largest absolute Gasteiger partial charge is 0.204 e. The molecule has 0 aromatic heterocycles. The predicted molar refractivity (Wildman–Crippen MR) is 126 cm³/mol. The van der Waals surface area contributed by atoms with Crippen molar-refractivity contribution in [3.05, 3.63) is 95.1 Å². The minimum Gasteiger partial charge on any atom is -0.204 e. The minimum absolute atomic E-state index is 0.458. The highest BCUT2D eigenvalue weighted by molar-refractivity contribution is 6.07. The second kappa shape index (κ2) is 9.75. The Morgan fingerprint density at radius 1 is 0.613 bits per heavy atom. The Kier molecular flexibility index (Phi) is 6.63. The summed E-state index contributed by atoms with van der Waals surface area (Å²) >= 11 is 0. The van der Waals surface area contributed by atoms with Crippen molar-refractivity contribution in [2.75, 3.05) is 0 Å². The van der Waals surface area contributed by atoms with E-state index in [1.165, 1.54) is 59.9 Å². The molecule has 0 N–H and O–H groups in total. The van der Waals surface area contributed by atoms with Crippen molar-refractivity contribution in [1.82, 2.24) is 0 Å². The van der Waals surface area contributed by atoms with Crippen LogP contribution < -0.4 is 0 Å². The van der Waals surface area contributed by atoms with Gasteiger partial charge in [-0.2, -0.15) is 0 Å². The Hall–Kier alpha value is -3.18. The fourth-order valence-corrected chi connectivity index (χ4v) is 4.00. The average molecular weight is 413 g/mol. The first kappa shape index (κ1) is 21.1. The number of aryl methyl sites for hydroxylation is 1. The normalized spacial score (nSPS) is 10.9. The number of benzene rings is 4. The van der Waals surface area contributed by atoms with Crippen molar-refractivity contribution in [2.45, 2.75) is 45.4 Å². The molecule has 31 heavy (non-hydrogen) atoms. The molecule has 0 unspecified atom stereocenters. The maximum Gasteiger partial charge on any atom is 0.160 e. The van der Waals surface area contributed by atoms with Gasteiger partial charge in [0.1, 0.15) is 0 Å². The number of fused-ring (bicyclic) bond motifs is 3. The SMILES string of the molecule is CCCCCCCc1ccc2c(ccc3cc(C#Cc4ccc(F)c(F)c4)ccc32)c1. The molecule has 0 atom stereocenters. The summed E-state index contributed by atoms with van der Waals surface area (Å²) in [5.41, 5.74) is 2.71. The van der Waals surface area contributed by atoms with Crippen LogP contribution >= 0.6 is 0 Å². The van der Waals surface area contributed by atoms with E-state index in [-0.39, 0.29) is 0 Å². The summed E-state index contributed by atoms with van der Waals surface area (Å²) in [4.78, 5) is 0. The van der Waals surface area contributed by atoms with E-state index in [9.17, 15) is 8.78 Å². The van der Waals surface area contributed by atoms with Gasteiger partial charge in [0.25, 0.3) is 0 Å². The summed E-state index contributed by atoms with van der Waals surface area (Å²) in [7, 11) is 0. The lowest BCUT2D eigenvalue weighted by molar-refractivity contribution is 0.508. The highest BCUT2D eigenvalue weighted by Crippen LogP contribution is 2.27. The van der Waals surface area contributed by atoms with Crippen LogP contribution in [0.3, 0.4) is 0 Å². The zero-order chi connectivity index (χ0) is 21.6. The van der Waals surface area contributed by atoms with Gasteiger partial charge in [-0.1, -0.05) is 80.8 Å². The molecule has 156 valence electrons. The first-order valence-electron chi connectivity index (χ1n) is 11.1. The molecule has 0 heterocycles. The van der Waals surface area contributed by atoms with E-state index >= 15 is 0 Å². The summed E-state index contributed by atoms with van der Waals surface area (Å²) in [6.07, 6.45) is 7.63. The van der Waals surface area contributed by atoms with Crippen molar-refractivity contribution in [3.63, 3.8) is 0 Å². The third kappa shape index (κ3) is 5.12. The summed E-state index contributed by atoms with van der Waals surface area (Å²) in [5.74, 6) is 4.23. The number of rotatable bonds is 6. The Bertz CT molecular complexity index is 1270. The number of hydrogen-bond acceptors (Lipinski definition) is 0. The van der Waals surface area contributed by atoms with Gasteiger partial charge in [0.05, 0.1) is 0 Å². The summed E-state index contributed by atoms with van der Waals surface area (Å²) < 4.78 is 26.4. The molecular weight excluding hydrogens is 386 g/mol. The summed E-state index contributed by atoms with van der Waals surface area (Å²) in [5, 5.41) is 4.83. The van der Waals surface area contributed by atoms with Crippen LogP contribution in [0.15, 0.2) is 66.7 Å². The Balaban J connectivity index is 1.55. The molecular formula is C29H26F2. The Labute approximate surface area is 182 Å². The summed E-state index contributed by atoms with van der Waals surface area (Å²) in [6, 6.07) is 20.9. The van der Waals surface area contributed by atoms with Crippen LogP contribution in [0.5, 0.6) is 0 Å². The molecule has 0 spiro atoms. The smallest absolute Gasteiger partial charge is 0.160 e. The van der Waals surface area contributed by atoms with Gasteiger partial charge in [0, 0.05) is 11.1 Å². The number of halogens is 2. The Morgan fingerprint density at radius 2 is 1.26 bits per heavy atom. The second-order valence-electron chi connectivity index (χ2n) is 8.10. The fourth-order valence-electron chi connectivity index (χ4n) is 4.00. The van der Waals surface area contributed by atoms with Crippen LogP contribution in [0.2, 0.25) is 0 Å². The van der Waals surface area contributed by atoms with Crippen LogP contribution in [-0.4, -0.2) is 0 Å². The van der Waals surface area contributed by atoms with Gasteiger partial charge in [-0.25, -0.2) is 8.78 Å². The van der Waals surface area contributed by atoms with Crippen LogP contribution in [0.1, 0.15) is 55.7 Å². The fraction of sp³-hybridized carbons (Fsp3) is 0.241. The maximum absolute atomic E-state index is 13.4. The van der Waals surface area contributed by atoms with Gasteiger partial charge in [0.2, 0.25) is 0 Å². The number of unbranched alkanes of at least 4 members (excludes halogenated alkanes) is 4. The molecule has 4 rings (SSSR count). The Morgan fingerprint density at radius 3 is 2.00 bits per heavy atom. The van der Waals surface area contributed by atoms with E-state index < -0.39 is 11.6 Å². The van der Waals surface area contributed by atoms with Gasteiger partial charge in [-0.15, -0.1) is 0 Å². The van der Waals surface area contributed by atoms with Crippen LogP contribution in [0.4, 0.5) is 8.78 Å².